The van der Waals surface area contributed by atoms with E-state index in [0.29, 0.717) is 18.1 Å². The Labute approximate surface area is 143 Å². The average molecular weight is 316 g/mol. The monoisotopic (exact) mass is 316 g/mol. The van der Waals surface area contributed by atoms with Crippen LogP contribution in [0.25, 0.3) is 0 Å². The number of carbonyl (C=O) groups is 1. The number of esters is 1. The van der Waals surface area contributed by atoms with E-state index in [1.54, 1.807) is 13.0 Å². The molecule has 23 heavy (non-hydrogen) atoms. The first-order chi connectivity index (χ1) is 11.0. The molecule has 0 rings (SSSR count). The molecule has 0 aromatic carbocycles. The molecule has 128 valence electrons. The second-order valence-electron chi connectivity index (χ2n) is 5.03. The Morgan fingerprint density at radius 1 is 1.22 bits per heavy atom. The molecular formula is C21H32O2. The van der Waals surface area contributed by atoms with Crippen LogP contribution < -0.4 is 0 Å². The maximum absolute atomic E-state index is 12.0. The van der Waals surface area contributed by atoms with E-state index in [-0.39, 0.29) is 5.97 Å². The van der Waals surface area contributed by atoms with E-state index in [0.717, 1.165) is 18.4 Å². The van der Waals surface area contributed by atoms with Crippen molar-refractivity contribution in [3.63, 3.8) is 0 Å². The third-order valence-electron chi connectivity index (χ3n) is 3.10. The summed E-state index contributed by atoms with van der Waals surface area (Å²) in [4.78, 5) is 12.0. The minimum atomic E-state index is -0.267. The van der Waals surface area contributed by atoms with Crippen LogP contribution in [0.2, 0.25) is 0 Å². The molecule has 0 aliphatic heterocycles. The van der Waals surface area contributed by atoms with Crippen LogP contribution in [0.5, 0.6) is 0 Å². The molecule has 2 heteroatoms. The van der Waals surface area contributed by atoms with Gasteiger partial charge in [-0.2, -0.15) is 0 Å². The molecule has 0 aromatic rings. The van der Waals surface area contributed by atoms with Gasteiger partial charge in [-0.1, -0.05) is 63.6 Å². The summed E-state index contributed by atoms with van der Waals surface area (Å²) in [5.74, 6) is 2.45. The van der Waals surface area contributed by atoms with Crippen LogP contribution in [0.15, 0.2) is 47.6 Å². The largest absolute Gasteiger partial charge is 0.457 e. The van der Waals surface area contributed by atoms with E-state index >= 15 is 0 Å². The molecule has 0 spiro atoms. The van der Waals surface area contributed by atoms with Gasteiger partial charge in [0.05, 0.1) is 5.57 Å². The van der Waals surface area contributed by atoms with Gasteiger partial charge in [-0.05, 0) is 38.7 Å². The summed E-state index contributed by atoms with van der Waals surface area (Å²) in [6.07, 6.45) is 18.3. The number of hydrogen-bond acceptors (Lipinski definition) is 2. The first kappa shape index (κ1) is 23.3. The lowest BCUT2D eigenvalue weighted by atomic mass is 10.1. The first-order valence-corrected chi connectivity index (χ1v) is 8.21. The zero-order valence-corrected chi connectivity index (χ0v) is 15.6. The third-order valence-corrected chi connectivity index (χ3v) is 3.10. The molecule has 0 saturated heterocycles. The second-order valence-corrected chi connectivity index (χ2v) is 5.03. The number of rotatable bonds is 8. The molecule has 0 aliphatic carbocycles. The van der Waals surface area contributed by atoms with Crippen molar-refractivity contribution < 1.29 is 9.53 Å². The van der Waals surface area contributed by atoms with E-state index in [1.165, 1.54) is 0 Å². The highest BCUT2D eigenvalue weighted by atomic mass is 16.5. The number of ether oxygens (including phenoxy) is 1. The van der Waals surface area contributed by atoms with Crippen molar-refractivity contribution in [3.8, 4) is 12.3 Å². The number of terminal acetylenes is 1. The molecule has 1 unspecified atom stereocenters. The Kier molecular flexibility index (Phi) is 16.5. The highest BCUT2D eigenvalue weighted by Gasteiger charge is 2.07. The molecule has 0 N–H and O–H groups in total. The van der Waals surface area contributed by atoms with Crippen molar-refractivity contribution in [2.75, 3.05) is 6.61 Å². The van der Waals surface area contributed by atoms with Gasteiger partial charge in [0.15, 0.2) is 0 Å². The van der Waals surface area contributed by atoms with Gasteiger partial charge in [0.25, 0.3) is 0 Å². The maximum Gasteiger partial charge on any atom is 0.338 e. The standard InChI is InChI=1S/C18H28O2.C3H4/c1-6-10-11-16(8-3)14-20-18(19)17(9-4)13-12-15(5)7-2;1-3-2/h8-13,15H,6-7,14H2,1-5H3;1H,2H3/b11-10-,13-12-,16-8+,17-9+;. The summed E-state index contributed by atoms with van der Waals surface area (Å²) >= 11 is 0. The van der Waals surface area contributed by atoms with E-state index in [4.69, 9.17) is 4.74 Å². The first-order valence-electron chi connectivity index (χ1n) is 8.21. The predicted molar refractivity (Wildman–Crippen MR) is 101 cm³/mol. The van der Waals surface area contributed by atoms with Crippen LogP contribution in [0.4, 0.5) is 0 Å². The summed E-state index contributed by atoms with van der Waals surface area (Å²) in [7, 11) is 0. The highest BCUT2D eigenvalue weighted by molar-refractivity contribution is 5.91. The van der Waals surface area contributed by atoms with E-state index in [1.807, 2.05) is 38.2 Å². The molecule has 0 aromatic heterocycles. The highest BCUT2D eigenvalue weighted by Crippen LogP contribution is 2.08. The van der Waals surface area contributed by atoms with Crippen molar-refractivity contribution in [2.24, 2.45) is 5.92 Å². The van der Waals surface area contributed by atoms with Gasteiger partial charge < -0.3 is 4.74 Å². The van der Waals surface area contributed by atoms with Crippen LogP contribution >= 0.6 is 0 Å². The van der Waals surface area contributed by atoms with Crippen molar-refractivity contribution in [1.29, 1.82) is 0 Å². The Bertz CT molecular complexity index is 471. The normalized spacial score (nSPS) is 13.4. The van der Waals surface area contributed by atoms with Crippen molar-refractivity contribution in [2.45, 2.75) is 54.4 Å². The van der Waals surface area contributed by atoms with Gasteiger partial charge in [0.1, 0.15) is 6.61 Å². The Morgan fingerprint density at radius 3 is 2.26 bits per heavy atom. The Morgan fingerprint density at radius 2 is 1.83 bits per heavy atom. The lowest BCUT2D eigenvalue weighted by molar-refractivity contribution is -0.137. The van der Waals surface area contributed by atoms with Crippen LogP contribution in [0.3, 0.4) is 0 Å². The van der Waals surface area contributed by atoms with Gasteiger partial charge in [0.2, 0.25) is 0 Å². The molecule has 0 amide bonds. The molecule has 0 heterocycles. The maximum atomic E-state index is 12.0. The molecule has 0 bridgehead atoms. The topological polar surface area (TPSA) is 26.3 Å². The number of allylic oxidation sites excluding steroid dienone is 4. The molecular weight excluding hydrogens is 284 g/mol. The van der Waals surface area contributed by atoms with Gasteiger partial charge >= 0.3 is 5.97 Å². The van der Waals surface area contributed by atoms with E-state index in [9.17, 15) is 4.79 Å². The molecule has 0 saturated carbocycles. The third kappa shape index (κ3) is 13.4. The molecule has 1 atom stereocenters. The predicted octanol–water partition coefficient (Wildman–Crippen LogP) is 5.63. The SMILES string of the molecule is C#CC.C/C=C(\C=C/CC)COC(=O)C(/C=C\C(C)CC)=C/C. The molecule has 2 nitrogen and oxygen atoms in total. The van der Waals surface area contributed by atoms with Gasteiger partial charge in [-0.15, -0.1) is 12.3 Å². The van der Waals surface area contributed by atoms with Crippen molar-refractivity contribution in [1.82, 2.24) is 0 Å². The fourth-order valence-electron chi connectivity index (χ4n) is 1.42. The summed E-state index contributed by atoms with van der Waals surface area (Å²) in [6.45, 7) is 12.1. The summed E-state index contributed by atoms with van der Waals surface area (Å²) in [5, 5.41) is 0. The Balaban J connectivity index is 0. The molecule has 0 fully saturated rings. The molecule has 0 aliphatic rings. The summed E-state index contributed by atoms with van der Waals surface area (Å²) in [5.41, 5.74) is 1.63. The lowest BCUT2D eigenvalue weighted by Gasteiger charge is -2.07. The second kappa shape index (κ2) is 16.4. The van der Waals surface area contributed by atoms with Crippen LogP contribution in [0.1, 0.15) is 54.4 Å². The molecule has 0 radical (unpaired) electrons. The minimum Gasteiger partial charge on any atom is -0.457 e. The van der Waals surface area contributed by atoms with Crippen LogP contribution in [0, 0.1) is 18.3 Å². The van der Waals surface area contributed by atoms with E-state index < -0.39 is 0 Å². The number of carbonyl (C=O) groups excluding carboxylic acids is 1. The van der Waals surface area contributed by atoms with Crippen LogP contribution in [-0.4, -0.2) is 12.6 Å². The summed E-state index contributed by atoms with van der Waals surface area (Å²) in [6, 6.07) is 0. The van der Waals surface area contributed by atoms with Gasteiger partial charge in [0, 0.05) is 0 Å². The van der Waals surface area contributed by atoms with Crippen molar-refractivity contribution in [3.05, 3.63) is 47.6 Å². The van der Waals surface area contributed by atoms with Gasteiger partial charge in [-0.25, -0.2) is 4.79 Å². The fourth-order valence-corrected chi connectivity index (χ4v) is 1.42. The fraction of sp³-hybridized carbons (Fsp3) is 0.476. The Hall–Kier alpha value is -2.01. The number of hydrogen-bond donors (Lipinski definition) is 0. The van der Waals surface area contributed by atoms with Crippen LogP contribution in [-0.2, 0) is 9.53 Å². The lowest BCUT2D eigenvalue weighted by Crippen LogP contribution is -2.09. The zero-order chi connectivity index (χ0) is 18.1. The van der Waals surface area contributed by atoms with Crippen molar-refractivity contribution >= 4 is 5.97 Å². The smallest absolute Gasteiger partial charge is 0.338 e. The quantitative estimate of drug-likeness (QED) is 0.251. The zero-order valence-electron chi connectivity index (χ0n) is 15.6. The minimum absolute atomic E-state index is 0.267. The average Bonchev–Trinajstić information content (AvgIpc) is 2.56. The summed E-state index contributed by atoms with van der Waals surface area (Å²) < 4.78 is 5.33. The van der Waals surface area contributed by atoms with Gasteiger partial charge in [-0.3, -0.25) is 0 Å². The van der Waals surface area contributed by atoms with E-state index in [2.05, 4.69) is 39.2 Å².